The Morgan fingerprint density at radius 1 is 1.06 bits per heavy atom. The lowest BCUT2D eigenvalue weighted by molar-refractivity contribution is 0.561. The summed E-state index contributed by atoms with van der Waals surface area (Å²) in [5, 5.41) is 0. The molecule has 0 aliphatic carbocycles. The maximum atomic E-state index is 13.6. The molecule has 0 aromatic heterocycles. The van der Waals surface area contributed by atoms with Gasteiger partial charge >= 0.3 is 0 Å². The highest BCUT2D eigenvalue weighted by Gasteiger charge is 2.12. The third-order valence-corrected chi connectivity index (χ3v) is 3.05. The molecule has 0 heterocycles. The minimum atomic E-state index is -0.534. The average molecular weight is 247 g/mol. The zero-order valence-electron chi connectivity index (χ0n) is 10.4. The lowest BCUT2D eigenvalue weighted by Gasteiger charge is -2.11. The van der Waals surface area contributed by atoms with Crippen molar-refractivity contribution in [2.45, 2.75) is 20.3 Å². The summed E-state index contributed by atoms with van der Waals surface area (Å²) in [6.45, 7) is 3.83. The highest BCUT2D eigenvalue weighted by Crippen LogP contribution is 2.24. The first-order chi connectivity index (χ1) is 8.49. The Hall–Kier alpha value is -1.90. The van der Waals surface area contributed by atoms with E-state index >= 15 is 0 Å². The van der Waals surface area contributed by atoms with Crippen molar-refractivity contribution in [1.82, 2.24) is 0 Å². The van der Waals surface area contributed by atoms with Gasteiger partial charge in [0, 0.05) is 17.7 Å². The second-order valence-corrected chi connectivity index (χ2v) is 4.53. The molecule has 0 saturated carbocycles. The minimum Gasteiger partial charge on any atom is -0.398 e. The van der Waals surface area contributed by atoms with Crippen molar-refractivity contribution in [1.29, 1.82) is 0 Å². The van der Waals surface area contributed by atoms with Crippen LogP contribution in [0.2, 0.25) is 0 Å². The molecule has 0 aliphatic rings. The standard InChI is InChI=1S/C15H15F2N/c1-9-6-10(2)15(18)11(7-9)8-12-13(16)4-3-5-14(12)17/h3-7H,8,18H2,1-2H3. The molecule has 3 heteroatoms. The quantitative estimate of drug-likeness (QED) is 0.803. The van der Waals surface area contributed by atoms with E-state index in [9.17, 15) is 8.78 Å². The fourth-order valence-electron chi connectivity index (χ4n) is 2.10. The molecule has 0 spiro atoms. The van der Waals surface area contributed by atoms with E-state index in [2.05, 4.69) is 0 Å². The number of halogens is 2. The molecule has 0 radical (unpaired) electrons. The van der Waals surface area contributed by atoms with E-state index in [1.807, 2.05) is 26.0 Å². The summed E-state index contributed by atoms with van der Waals surface area (Å²) in [6.07, 6.45) is 0.173. The first-order valence-corrected chi connectivity index (χ1v) is 5.77. The number of nitrogens with two attached hydrogens (primary N) is 1. The van der Waals surface area contributed by atoms with Crippen molar-refractivity contribution >= 4 is 5.69 Å². The second-order valence-electron chi connectivity index (χ2n) is 4.53. The third kappa shape index (κ3) is 2.35. The summed E-state index contributed by atoms with van der Waals surface area (Å²) >= 11 is 0. The summed E-state index contributed by atoms with van der Waals surface area (Å²) in [6, 6.07) is 7.71. The second kappa shape index (κ2) is 4.77. The molecule has 94 valence electrons. The summed E-state index contributed by atoms with van der Waals surface area (Å²) in [7, 11) is 0. The summed E-state index contributed by atoms with van der Waals surface area (Å²) in [5.41, 5.74) is 9.35. The topological polar surface area (TPSA) is 26.0 Å². The van der Waals surface area contributed by atoms with Gasteiger partial charge in [0.2, 0.25) is 0 Å². The summed E-state index contributed by atoms with van der Waals surface area (Å²) in [4.78, 5) is 0. The minimum absolute atomic E-state index is 0.0641. The Balaban J connectivity index is 2.46. The van der Waals surface area contributed by atoms with Gasteiger partial charge in [0.15, 0.2) is 0 Å². The highest BCUT2D eigenvalue weighted by atomic mass is 19.1. The average Bonchev–Trinajstić information content (AvgIpc) is 2.30. The number of aryl methyl sites for hydroxylation is 2. The van der Waals surface area contributed by atoms with Crippen LogP contribution in [0.15, 0.2) is 30.3 Å². The molecule has 18 heavy (non-hydrogen) atoms. The van der Waals surface area contributed by atoms with Crippen molar-refractivity contribution in [3.63, 3.8) is 0 Å². The SMILES string of the molecule is Cc1cc(C)c(N)c(Cc2c(F)cccc2F)c1. The zero-order chi connectivity index (χ0) is 13.3. The third-order valence-electron chi connectivity index (χ3n) is 3.05. The molecule has 0 unspecified atom stereocenters. The van der Waals surface area contributed by atoms with Crippen LogP contribution in [0.3, 0.4) is 0 Å². The molecule has 2 aromatic carbocycles. The van der Waals surface area contributed by atoms with E-state index in [4.69, 9.17) is 5.73 Å². The van der Waals surface area contributed by atoms with Gasteiger partial charge in [-0.25, -0.2) is 8.78 Å². The van der Waals surface area contributed by atoms with Crippen molar-refractivity contribution in [2.75, 3.05) is 5.73 Å². The van der Waals surface area contributed by atoms with Gasteiger partial charge in [0.05, 0.1) is 0 Å². The van der Waals surface area contributed by atoms with Crippen molar-refractivity contribution in [3.8, 4) is 0 Å². The predicted molar refractivity (Wildman–Crippen MR) is 69.5 cm³/mol. The summed E-state index contributed by atoms with van der Waals surface area (Å²) in [5.74, 6) is -1.07. The number of rotatable bonds is 2. The predicted octanol–water partition coefficient (Wildman–Crippen LogP) is 3.75. The largest absolute Gasteiger partial charge is 0.398 e. The molecule has 2 aromatic rings. The van der Waals surface area contributed by atoms with Crippen molar-refractivity contribution in [3.05, 3.63) is 64.2 Å². The maximum Gasteiger partial charge on any atom is 0.129 e. The van der Waals surface area contributed by atoms with Gasteiger partial charge in [-0.15, -0.1) is 0 Å². The molecule has 0 saturated heterocycles. The fourth-order valence-corrected chi connectivity index (χ4v) is 2.10. The van der Waals surface area contributed by atoms with Gasteiger partial charge in [0.1, 0.15) is 11.6 Å². The molecule has 1 nitrogen and oxygen atoms in total. The van der Waals surface area contributed by atoms with E-state index in [1.54, 1.807) is 0 Å². The molecule has 2 rings (SSSR count). The molecule has 0 bridgehead atoms. The van der Waals surface area contributed by atoms with Crippen LogP contribution in [0.4, 0.5) is 14.5 Å². The monoisotopic (exact) mass is 247 g/mol. The highest BCUT2D eigenvalue weighted by molar-refractivity contribution is 5.56. The lowest BCUT2D eigenvalue weighted by Crippen LogP contribution is -2.02. The molecular formula is C15H15F2N. The number of nitrogen functional groups attached to an aromatic ring is 1. The van der Waals surface area contributed by atoms with Gasteiger partial charge < -0.3 is 5.73 Å². The molecular weight excluding hydrogens is 232 g/mol. The number of benzene rings is 2. The van der Waals surface area contributed by atoms with Crippen LogP contribution in [-0.2, 0) is 6.42 Å². The van der Waals surface area contributed by atoms with Crippen LogP contribution in [0, 0.1) is 25.5 Å². The molecule has 0 atom stereocenters. The van der Waals surface area contributed by atoms with Gasteiger partial charge in [-0.1, -0.05) is 23.8 Å². The van der Waals surface area contributed by atoms with Crippen molar-refractivity contribution < 1.29 is 8.78 Å². The first kappa shape index (κ1) is 12.6. The number of anilines is 1. The van der Waals surface area contributed by atoms with Crippen LogP contribution in [0.5, 0.6) is 0 Å². The van der Waals surface area contributed by atoms with E-state index in [-0.39, 0.29) is 12.0 Å². The van der Waals surface area contributed by atoms with Crippen LogP contribution in [0.1, 0.15) is 22.3 Å². The molecule has 0 amide bonds. The van der Waals surface area contributed by atoms with Crippen LogP contribution >= 0.6 is 0 Å². The van der Waals surface area contributed by atoms with E-state index in [0.717, 1.165) is 16.7 Å². The lowest BCUT2D eigenvalue weighted by atomic mass is 9.98. The Bertz CT molecular complexity index is 571. The van der Waals surface area contributed by atoms with Crippen LogP contribution in [-0.4, -0.2) is 0 Å². The van der Waals surface area contributed by atoms with Crippen molar-refractivity contribution in [2.24, 2.45) is 0 Å². The van der Waals surface area contributed by atoms with E-state index < -0.39 is 11.6 Å². The van der Waals surface area contributed by atoms with Gasteiger partial charge in [0.25, 0.3) is 0 Å². The van der Waals surface area contributed by atoms with Crippen LogP contribution in [0.25, 0.3) is 0 Å². The number of hydrogen-bond donors (Lipinski definition) is 1. The van der Waals surface area contributed by atoms with Gasteiger partial charge in [-0.2, -0.15) is 0 Å². The fraction of sp³-hybridized carbons (Fsp3) is 0.200. The maximum absolute atomic E-state index is 13.6. The molecule has 2 N–H and O–H groups in total. The van der Waals surface area contributed by atoms with Crippen LogP contribution < -0.4 is 5.73 Å². The smallest absolute Gasteiger partial charge is 0.129 e. The molecule has 0 fully saturated rings. The summed E-state index contributed by atoms with van der Waals surface area (Å²) < 4.78 is 27.2. The van der Waals surface area contributed by atoms with E-state index in [1.165, 1.54) is 18.2 Å². The number of hydrogen-bond acceptors (Lipinski definition) is 1. The van der Waals surface area contributed by atoms with E-state index in [0.29, 0.717) is 5.69 Å². The Labute approximate surface area is 105 Å². The Morgan fingerprint density at radius 2 is 1.67 bits per heavy atom. The Kier molecular flexibility index (Phi) is 3.32. The zero-order valence-corrected chi connectivity index (χ0v) is 10.4. The Morgan fingerprint density at radius 3 is 2.28 bits per heavy atom. The normalized spacial score (nSPS) is 10.7. The molecule has 0 aliphatic heterocycles. The van der Waals surface area contributed by atoms with Gasteiger partial charge in [-0.3, -0.25) is 0 Å². The van der Waals surface area contributed by atoms with Gasteiger partial charge in [-0.05, 0) is 37.1 Å². The first-order valence-electron chi connectivity index (χ1n) is 5.77.